The minimum atomic E-state index is -4.28. The zero-order chi connectivity index (χ0) is 23.8. The molecule has 0 aromatic heterocycles. The SMILES string of the molecule is CC(NC(=O)CN(c1ccccc1)S(=O)(=O)c1ccc(Cl)c([N+](=O)[O-])c1)C1CC2CCC1C2. The molecule has 33 heavy (non-hydrogen) atoms. The lowest BCUT2D eigenvalue weighted by atomic mass is 9.84. The Bertz CT molecular complexity index is 1160. The first-order valence-corrected chi connectivity index (χ1v) is 12.8. The van der Waals surface area contributed by atoms with Gasteiger partial charge in [-0.05, 0) is 68.2 Å². The number of hydrogen-bond acceptors (Lipinski definition) is 5. The molecule has 2 aromatic rings. The van der Waals surface area contributed by atoms with Crippen LogP contribution in [0.4, 0.5) is 11.4 Å². The molecule has 2 bridgehead atoms. The summed E-state index contributed by atoms with van der Waals surface area (Å²) in [7, 11) is -4.28. The Hall–Kier alpha value is -2.65. The largest absolute Gasteiger partial charge is 0.352 e. The van der Waals surface area contributed by atoms with E-state index >= 15 is 0 Å². The fourth-order valence-electron chi connectivity index (χ4n) is 5.27. The van der Waals surface area contributed by atoms with E-state index in [0.29, 0.717) is 11.8 Å². The van der Waals surface area contributed by atoms with Crippen molar-refractivity contribution in [2.75, 3.05) is 10.8 Å². The summed E-state index contributed by atoms with van der Waals surface area (Å²) in [6.45, 7) is 1.54. The number of rotatable bonds is 8. The van der Waals surface area contributed by atoms with E-state index in [-0.39, 0.29) is 21.6 Å². The predicted molar refractivity (Wildman–Crippen MR) is 126 cm³/mol. The molecule has 0 saturated heterocycles. The number of carbonyl (C=O) groups excluding carboxylic acids is 1. The molecular formula is C23H26ClN3O5S. The number of nitro benzene ring substituents is 1. The fourth-order valence-corrected chi connectivity index (χ4v) is 6.90. The van der Waals surface area contributed by atoms with Crippen molar-refractivity contribution < 1.29 is 18.1 Å². The number of benzene rings is 2. The summed E-state index contributed by atoms with van der Waals surface area (Å²) in [4.78, 5) is 23.2. The molecule has 0 aliphatic heterocycles. The van der Waals surface area contributed by atoms with Crippen molar-refractivity contribution in [3.05, 3.63) is 63.7 Å². The van der Waals surface area contributed by atoms with Gasteiger partial charge in [0, 0.05) is 12.1 Å². The number of hydrogen-bond donors (Lipinski definition) is 1. The number of nitro groups is 1. The second-order valence-electron chi connectivity index (χ2n) is 8.91. The lowest BCUT2D eigenvalue weighted by Gasteiger charge is -2.30. The molecule has 8 nitrogen and oxygen atoms in total. The third-order valence-corrected chi connectivity index (χ3v) is 8.95. The first-order chi connectivity index (χ1) is 15.7. The van der Waals surface area contributed by atoms with E-state index in [0.717, 1.165) is 22.7 Å². The number of carbonyl (C=O) groups is 1. The Labute approximate surface area is 198 Å². The fraction of sp³-hybridized carbons (Fsp3) is 0.435. The normalized spacial score (nSPS) is 22.7. The smallest absolute Gasteiger partial charge is 0.289 e. The van der Waals surface area contributed by atoms with Gasteiger partial charge < -0.3 is 5.32 Å². The molecule has 1 N–H and O–H groups in total. The summed E-state index contributed by atoms with van der Waals surface area (Å²) in [6, 6.07) is 11.5. The molecular weight excluding hydrogens is 466 g/mol. The van der Waals surface area contributed by atoms with Crippen LogP contribution in [-0.4, -0.2) is 31.8 Å². The van der Waals surface area contributed by atoms with Crippen molar-refractivity contribution in [2.24, 2.45) is 17.8 Å². The zero-order valence-electron chi connectivity index (χ0n) is 18.2. The molecule has 1 amide bonds. The van der Waals surface area contributed by atoms with Gasteiger partial charge in [0.05, 0.1) is 15.5 Å². The predicted octanol–water partition coefficient (Wildman–Crippen LogP) is 4.38. The molecule has 0 heterocycles. The van der Waals surface area contributed by atoms with Gasteiger partial charge in [0.1, 0.15) is 11.6 Å². The highest BCUT2D eigenvalue weighted by atomic mass is 35.5. The number of anilines is 1. The summed E-state index contributed by atoms with van der Waals surface area (Å²) in [6.07, 6.45) is 4.76. The van der Waals surface area contributed by atoms with Gasteiger partial charge in [-0.2, -0.15) is 0 Å². The second-order valence-corrected chi connectivity index (χ2v) is 11.2. The van der Waals surface area contributed by atoms with Gasteiger partial charge in [-0.3, -0.25) is 19.2 Å². The topological polar surface area (TPSA) is 110 Å². The Morgan fingerprint density at radius 1 is 1.21 bits per heavy atom. The third kappa shape index (κ3) is 4.84. The van der Waals surface area contributed by atoms with Gasteiger partial charge >= 0.3 is 0 Å². The van der Waals surface area contributed by atoms with Crippen molar-refractivity contribution in [1.29, 1.82) is 0 Å². The van der Waals surface area contributed by atoms with E-state index in [1.807, 2.05) is 6.92 Å². The van der Waals surface area contributed by atoms with Crippen LogP contribution in [-0.2, 0) is 14.8 Å². The molecule has 176 valence electrons. The first kappa shape index (κ1) is 23.5. The zero-order valence-corrected chi connectivity index (χ0v) is 19.8. The molecule has 2 aliphatic carbocycles. The minimum absolute atomic E-state index is 0.0512. The van der Waals surface area contributed by atoms with E-state index in [1.54, 1.807) is 30.3 Å². The van der Waals surface area contributed by atoms with Crippen LogP contribution in [0.1, 0.15) is 32.6 Å². The summed E-state index contributed by atoms with van der Waals surface area (Å²) in [5, 5.41) is 14.1. The van der Waals surface area contributed by atoms with E-state index in [9.17, 15) is 23.3 Å². The van der Waals surface area contributed by atoms with Crippen molar-refractivity contribution in [3.63, 3.8) is 0 Å². The van der Waals surface area contributed by atoms with E-state index in [4.69, 9.17) is 11.6 Å². The highest BCUT2D eigenvalue weighted by Crippen LogP contribution is 2.49. The maximum atomic E-state index is 13.5. The lowest BCUT2D eigenvalue weighted by molar-refractivity contribution is -0.384. The standard InChI is InChI=1S/C23H26ClN3O5S/c1-15(20-12-16-7-8-17(20)11-16)25-23(28)14-26(18-5-3-2-4-6-18)33(31,32)19-9-10-21(24)22(13-19)27(29)30/h2-6,9-10,13,15-17,20H,7-8,11-12,14H2,1H3,(H,25,28). The van der Waals surface area contributed by atoms with Crippen LogP contribution in [0.15, 0.2) is 53.4 Å². The molecule has 0 radical (unpaired) electrons. The van der Waals surface area contributed by atoms with E-state index in [1.165, 1.54) is 31.4 Å². The molecule has 0 spiro atoms. The highest BCUT2D eigenvalue weighted by molar-refractivity contribution is 7.92. The Morgan fingerprint density at radius 2 is 1.94 bits per heavy atom. The van der Waals surface area contributed by atoms with Gasteiger partial charge in [0.15, 0.2) is 0 Å². The van der Waals surface area contributed by atoms with Gasteiger partial charge in [-0.15, -0.1) is 0 Å². The van der Waals surface area contributed by atoms with E-state index in [2.05, 4.69) is 5.32 Å². The van der Waals surface area contributed by atoms with Crippen LogP contribution in [0.25, 0.3) is 0 Å². The van der Waals surface area contributed by atoms with Gasteiger partial charge in [0.25, 0.3) is 15.7 Å². The maximum Gasteiger partial charge on any atom is 0.289 e. The molecule has 2 aromatic carbocycles. The number of amides is 1. The van der Waals surface area contributed by atoms with Crippen molar-refractivity contribution in [1.82, 2.24) is 5.32 Å². The van der Waals surface area contributed by atoms with Gasteiger partial charge in [-0.25, -0.2) is 8.42 Å². The minimum Gasteiger partial charge on any atom is -0.352 e. The molecule has 2 saturated carbocycles. The van der Waals surface area contributed by atoms with Crippen LogP contribution >= 0.6 is 11.6 Å². The Kier molecular flexibility index (Phi) is 6.63. The summed E-state index contributed by atoms with van der Waals surface area (Å²) >= 11 is 5.85. The number of halogens is 1. The quantitative estimate of drug-likeness (QED) is 0.435. The summed E-state index contributed by atoms with van der Waals surface area (Å²) < 4.78 is 27.9. The summed E-state index contributed by atoms with van der Waals surface area (Å²) in [5.74, 6) is 1.35. The van der Waals surface area contributed by atoms with Crippen LogP contribution in [0.5, 0.6) is 0 Å². The maximum absolute atomic E-state index is 13.5. The number of sulfonamides is 1. The van der Waals surface area contributed by atoms with Gasteiger partial charge in [0.2, 0.25) is 5.91 Å². The average Bonchev–Trinajstić information content (AvgIpc) is 3.42. The third-order valence-electron chi connectivity index (χ3n) is 6.86. The monoisotopic (exact) mass is 491 g/mol. The van der Waals surface area contributed by atoms with Gasteiger partial charge in [-0.1, -0.05) is 36.2 Å². The Balaban J connectivity index is 1.58. The molecule has 2 fully saturated rings. The number of fused-ring (bicyclic) bond motifs is 2. The molecule has 2 aliphatic rings. The van der Waals surface area contributed by atoms with Crippen LogP contribution in [0, 0.1) is 27.9 Å². The van der Waals surface area contributed by atoms with Crippen LogP contribution < -0.4 is 9.62 Å². The number of nitrogens with one attached hydrogen (secondary N) is 1. The molecule has 10 heteroatoms. The second kappa shape index (κ2) is 9.30. The Morgan fingerprint density at radius 3 is 2.55 bits per heavy atom. The van der Waals surface area contributed by atoms with Crippen LogP contribution in [0.2, 0.25) is 5.02 Å². The highest BCUT2D eigenvalue weighted by Gasteiger charge is 2.42. The average molecular weight is 492 g/mol. The molecule has 4 atom stereocenters. The van der Waals surface area contributed by atoms with Crippen LogP contribution in [0.3, 0.4) is 0 Å². The molecule has 4 unspecified atom stereocenters. The summed E-state index contributed by atoms with van der Waals surface area (Å²) in [5.41, 5.74) is -0.224. The van der Waals surface area contributed by atoms with Crippen molar-refractivity contribution in [2.45, 2.75) is 43.5 Å². The van der Waals surface area contributed by atoms with E-state index < -0.39 is 33.1 Å². The van der Waals surface area contributed by atoms with Crippen molar-refractivity contribution in [3.8, 4) is 0 Å². The lowest BCUT2D eigenvalue weighted by Crippen LogP contribution is -2.46. The number of nitrogens with zero attached hydrogens (tertiary/aromatic N) is 2. The number of para-hydroxylation sites is 1. The molecule has 4 rings (SSSR count). The first-order valence-electron chi connectivity index (χ1n) is 11.0. The van der Waals surface area contributed by atoms with Crippen molar-refractivity contribution >= 4 is 38.9 Å².